The summed E-state index contributed by atoms with van der Waals surface area (Å²) in [6, 6.07) is 3.01. The molecule has 2 fully saturated rings. The molecule has 11 heteroatoms. The van der Waals surface area contributed by atoms with Crippen LogP contribution in [0.3, 0.4) is 0 Å². The summed E-state index contributed by atoms with van der Waals surface area (Å²) < 4.78 is 11.4. The second kappa shape index (κ2) is 12.4. The zero-order valence-corrected chi connectivity index (χ0v) is 21.0. The number of likely N-dealkylation sites (tertiary alicyclic amines) is 1. The third-order valence-electron chi connectivity index (χ3n) is 6.30. The maximum atomic E-state index is 12.8. The van der Waals surface area contributed by atoms with E-state index < -0.39 is 0 Å². The average molecular weight is 498 g/mol. The maximum Gasteiger partial charge on any atom is 0.343 e. The standard InChI is InChI=1S/C23H36ClN5O5/c1-4-33-21-12-20(25)19(24)11-18(21)22(30)26-13-17-15-28(9-10-34-17)14-16-5-7-29(8-6-16)23(31)27(2)32-3/h11-12,16-17H,4-10,13-15,25H2,1-3H3,(H,26,30)/t17-/m0/s1. The summed E-state index contributed by atoms with van der Waals surface area (Å²) in [6.07, 6.45) is 1.81. The van der Waals surface area contributed by atoms with Gasteiger partial charge in [-0.25, -0.2) is 9.86 Å². The summed E-state index contributed by atoms with van der Waals surface area (Å²) in [4.78, 5) is 34.2. The van der Waals surface area contributed by atoms with Crippen LogP contribution >= 0.6 is 11.6 Å². The fourth-order valence-electron chi connectivity index (χ4n) is 4.34. The first-order chi connectivity index (χ1) is 16.3. The number of nitrogens with one attached hydrogen (secondary N) is 1. The molecular weight excluding hydrogens is 462 g/mol. The summed E-state index contributed by atoms with van der Waals surface area (Å²) in [5.74, 6) is 0.662. The fourth-order valence-corrected chi connectivity index (χ4v) is 4.51. The molecule has 0 saturated carbocycles. The molecule has 0 radical (unpaired) electrons. The van der Waals surface area contributed by atoms with E-state index in [4.69, 9.17) is 31.6 Å². The van der Waals surface area contributed by atoms with Crippen molar-refractivity contribution in [1.29, 1.82) is 0 Å². The van der Waals surface area contributed by atoms with Gasteiger partial charge in [0.15, 0.2) is 0 Å². The minimum Gasteiger partial charge on any atom is -0.493 e. The number of rotatable bonds is 8. The molecule has 1 atom stereocenters. The lowest BCUT2D eigenvalue weighted by atomic mass is 9.96. The normalized spacial score (nSPS) is 19.6. The molecule has 190 valence electrons. The number of amides is 3. The minimum atomic E-state index is -0.274. The third-order valence-corrected chi connectivity index (χ3v) is 6.63. The van der Waals surface area contributed by atoms with Crippen molar-refractivity contribution < 1.29 is 23.9 Å². The molecule has 2 heterocycles. The van der Waals surface area contributed by atoms with Gasteiger partial charge in [0.2, 0.25) is 0 Å². The van der Waals surface area contributed by atoms with E-state index in [1.54, 1.807) is 13.1 Å². The number of nitrogens with zero attached hydrogens (tertiary/aromatic N) is 3. The van der Waals surface area contributed by atoms with E-state index in [9.17, 15) is 9.59 Å². The van der Waals surface area contributed by atoms with Crippen molar-refractivity contribution >= 4 is 29.2 Å². The first kappa shape index (κ1) is 26.3. The number of morpholine rings is 1. The van der Waals surface area contributed by atoms with E-state index in [2.05, 4.69) is 10.2 Å². The lowest BCUT2D eigenvalue weighted by Crippen LogP contribution is -2.50. The SMILES string of the molecule is CCOc1cc(N)c(Cl)cc1C(=O)NC[C@H]1CN(CC2CCN(C(=O)N(C)OC)CC2)CCO1. The molecule has 0 unspecified atom stereocenters. The van der Waals surface area contributed by atoms with Crippen molar-refractivity contribution in [3.05, 3.63) is 22.7 Å². The number of carbonyl (C=O) groups is 2. The summed E-state index contributed by atoms with van der Waals surface area (Å²) in [5, 5.41) is 4.52. The van der Waals surface area contributed by atoms with Gasteiger partial charge in [-0.3, -0.25) is 14.5 Å². The van der Waals surface area contributed by atoms with Crippen LogP contribution in [0, 0.1) is 5.92 Å². The highest BCUT2D eigenvalue weighted by atomic mass is 35.5. The molecular formula is C23H36ClN5O5. The molecule has 1 aromatic carbocycles. The number of anilines is 1. The number of benzene rings is 1. The molecule has 3 N–H and O–H groups in total. The lowest BCUT2D eigenvalue weighted by Gasteiger charge is -2.38. The number of carbonyl (C=O) groups excluding carboxylic acids is 2. The Labute approximate surface area is 206 Å². The van der Waals surface area contributed by atoms with E-state index in [1.807, 2.05) is 11.8 Å². The van der Waals surface area contributed by atoms with Gasteiger partial charge in [-0.2, -0.15) is 0 Å². The van der Waals surface area contributed by atoms with Crippen molar-refractivity contribution in [3.8, 4) is 5.75 Å². The molecule has 2 aliphatic rings. The van der Waals surface area contributed by atoms with Gasteiger partial charge in [-0.15, -0.1) is 0 Å². The number of hydrogen-bond donors (Lipinski definition) is 2. The highest BCUT2D eigenvalue weighted by Gasteiger charge is 2.28. The number of nitrogen functional groups attached to an aromatic ring is 1. The van der Waals surface area contributed by atoms with E-state index in [0.717, 1.165) is 45.6 Å². The van der Waals surface area contributed by atoms with Crippen molar-refractivity contribution in [3.63, 3.8) is 0 Å². The molecule has 2 saturated heterocycles. The molecule has 0 bridgehead atoms. The number of hydrogen-bond acceptors (Lipinski definition) is 7. The Morgan fingerprint density at radius 1 is 1.29 bits per heavy atom. The van der Waals surface area contributed by atoms with Crippen LogP contribution in [-0.4, -0.2) is 99.5 Å². The number of urea groups is 1. The van der Waals surface area contributed by atoms with E-state index in [-0.39, 0.29) is 18.0 Å². The van der Waals surface area contributed by atoms with Gasteiger partial charge >= 0.3 is 6.03 Å². The number of ether oxygens (including phenoxy) is 2. The Kier molecular flexibility index (Phi) is 9.63. The van der Waals surface area contributed by atoms with Gasteiger partial charge in [0, 0.05) is 52.4 Å². The second-order valence-electron chi connectivity index (χ2n) is 8.66. The molecule has 34 heavy (non-hydrogen) atoms. The van der Waals surface area contributed by atoms with Crippen molar-refractivity contribution in [2.75, 3.05) is 72.4 Å². The van der Waals surface area contributed by atoms with Crippen LogP contribution in [0.1, 0.15) is 30.1 Å². The quantitative estimate of drug-likeness (QED) is 0.418. The zero-order chi connectivity index (χ0) is 24.7. The molecule has 3 amide bonds. The predicted molar refractivity (Wildman–Crippen MR) is 130 cm³/mol. The zero-order valence-electron chi connectivity index (χ0n) is 20.2. The van der Waals surface area contributed by atoms with Crippen LogP contribution < -0.4 is 15.8 Å². The molecule has 1 aromatic rings. The Hall–Kier alpha value is -2.27. The first-order valence-electron chi connectivity index (χ1n) is 11.7. The highest BCUT2D eigenvalue weighted by molar-refractivity contribution is 6.33. The molecule has 2 aliphatic heterocycles. The van der Waals surface area contributed by atoms with E-state index in [1.165, 1.54) is 18.2 Å². The number of hydroxylamine groups is 2. The van der Waals surface area contributed by atoms with Crippen LogP contribution in [0.2, 0.25) is 5.02 Å². The number of nitrogens with two attached hydrogens (primary N) is 1. The van der Waals surface area contributed by atoms with Crippen LogP contribution in [0.25, 0.3) is 0 Å². The Morgan fingerprint density at radius 2 is 2.03 bits per heavy atom. The molecule has 0 aromatic heterocycles. The fraction of sp³-hybridized carbons (Fsp3) is 0.652. The third kappa shape index (κ3) is 6.88. The first-order valence-corrected chi connectivity index (χ1v) is 12.1. The van der Waals surface area contributed by atoms with Crippen LogP contribution in [0.5, 0.6) is 5.75 Å². The minimum absolute atomic E-state index is 0.0991. The monoisotopic (exact) mass is 497 g/mol. The van der Waals surface area contributed by atoms with Crippen LogP contribution in [0.15, 0.2) is 12.1 Å². The summed E-state index contributed by atoms with van der Waals surface area (Å²) in [6.45, 7) is 7.28. The second-order valence-corrected chi connectivity index (χ2v) is 9.07. The molecule has 0 aliphatic carbocycles. The van der Waals surface area contributed by atoms with Crippen molar-refractivity contribution in [2.24, 2.45) is 5.92 Å². The van der Waals surface area contributed by atoms with Gasteiger partial charge in [0.05, 0.1) is 42.7 Å². The van der Waals surface area contributed by atoms with Gasteiger partial charge in [-0.05, 0) is 31.7 Å². The Bertz CT molecular complexity index is 849. The number of piperidine rings is 1. The Balaban J connectivity index is 1.46. The van der Waals surface area contributed by atoms with Gasteiger partial charge < -0.3 is 25.4 Å². The molecule has 0 spiro atoms. The van der Waals surface area contributed by atoms with Crippen LogP contribution in [-0.2, 0) is 9.57 Å². The van der Waals surface area contributed by atoms with Gasteiger partial charge in [0.25, 0.3) is 5.91 Å². The summed E-state index contributed by atoms with van der Waals surface area (Å²) >= 11 is 6.12. The lowest BCUT2D eigenvalue weighted by molar-refractivity contribution is -0.0785. The van der Waals surface area contributed by atoms with Gasteiger partial charge in [-0.1, -0.05) is 11.6 Å². The predicted octanol–water partition coefficient (Wildman–Crippen LogP) is 2.08. The van der Waals surface area contributed by atoms with Gasteiger partial charge in [0.1, 0.15) is 5.75 Å². The largest absolute Gasteiger partial charge is 0.493 e. The summed E-state index contributed by atoms with van der Waals surface area (Å²) in [7, 11) is 3.12. The highest BCUT2D eigenvalue weighted by Crippen LogP contribution is 2.29. The van der Waals surface area contributed by atoms with Crippen molar-refractivity contribution in [1.82, 2.24) is 20.2 Å². The topological polar surface area (TPSA) is 110 Å². The maximum absolute atomic E-state index is 12.8. The van der Waals surface area contributed by atoms with E-state index in [0.29, 0.717) is 47.7 Å². The smallest absolute Gasteiger partial charge is 0.343 e. The molecule has 3 rings (SSSR count). The Morgan fingerprint density at radius 3 is 2.71 bits per heavy atom. The van der Waals surface area contributed by atoms with Crippen molar-refractivity contribution in [2.45, 2.75) is 25.9 Å². The molecule has 10 nitrogen and oxygen atoms in total. The van der Waals surface area contributed by atoms with Crippen LogP contribution in [0.4, 0.5) is 10.5 Å². The summed E-state index contributed by atoms with van der Waals surface area (Å²) in [5.41, 5.74) is 6.57. The van der Waals surface area contributed by atoms with E-state index >= 15 is 0 Å². The number of halogens is 1. The average Bonchev–Trinajstić information content (AvgIpc) is 2.84.